The van der Waals surface area contributed by atoms with E-state index in [1.165, 1.54) is 42.4 Å². The van der Waals surface area contributed by atoms with Crippen LogP contribution in [0.3, 0.4) is 0 Å². The minimum absolute atomic E-state index is 0.0254. The predicted molar refractivity (Wildman–Crippen MR) is 117 cm³/mol. The lowest BCUT2D eigenvalue weighted by atomic mass is 10.0. The Morgan fingerprint density at radius 3 is 2.54 bits per heavy atom. The predicted octanol–water partition coefficient (Wildman–Crippen LogP) is 5.14. The number of alkyl halides is 3. The third kappa shape index (κ3) is 5.23. The van der Waals surface area contributed by atoms with E-state index in [0.717, 1.165) is 12.1 Å². The van der Waals surface area contributed by atoms with Crippen molar-refractivity contribution in [3.05, 3.63) is 99.4 Å². The number of aromatic nitrogens is 4. The zero-order valence-electron chi connectivity index (χ0n) is 18.5. The molecule has 1 atom stereocenters. The van der Waals surface area contributed by atoms with Gasteiger partial charge in [-0.05, 0) is 36.8 Å². The molecule has 2 aromatic carbocycles. The molecule has 0 unspecified atom stereocenters. The summed E-state index contributed by atoms with van der Waals surface area (Å²) in [6.45, 7) is 1.58. The molecule has 4 aromatic rings. The number of ether oxygens (including phenoxy) is 1. The van der Waals surface area contributed by atoms with Crippen molar-refractivity contribution in [1.29, 1.82) is 0 Å². The van der Waals surface area contributed by atoms with Crippen LogP contribution in [-0.4, -0.2) is 26.9 Å². The Morgan fingerprint density at radius 2 is 1.86 bits per heavy atom. The van der Waals surface area contributed by atoms with Crippen LogP contribution in [0.5, 0.6) is 5.75 Å². The molecule has 2 heterocycles. The summed E-state index contributed by atoms with van der Waals surface area (Å²) in [5.74, 6) is -1.14. The van der Waals surface area contributed by atoms with Crippen LogP contribution in [0.4, 0.5) is 22.0 Å². The van der Waals surface area contributed by atoms with E-state index < -0.39 is 35.0 Å². The lowest BCUT2D eigenvalue weighted by Gasteiger charge is -2.15. The normalized spacial score (nSPS) is 12.5. The number of rotatable bonds is 6. The van der Waals surface area contributed by atoms with Crippen LogP contribution in [0.1, 0.15) is 35.5 Å². The quantitative estimate of drug-likeness (QED) is 0.380. The molecule has 0 aliphatic carbocycles. The summed E-state index contributed by atoms with van der Waals surface area (Å²) in [7, 11) is 1.35. The first kappa shape index (κ1) is 24.1. The molecule has 4 rings (SSSR count). The second kappa shape index (κ2) is 9.32. The van der Waals surface area contributed by atoms with Gasteiger partial charge in [0.2, 0.25) is 0 Å². The van der Waals surface area contributed by atoms with Crippen LogP contribution in [-0.2, 0) is 12.6 Å². The van der Waals surface area contributed by atoms with Crippen LogP contribution in [0.2, 0.25) is 0 Å². The molecule has 11 heteroatoms. The van der Waals surface area contributed by atoms with Gasteiger partial charge in [0.1, 0.15) is 11.6 Å². The van der Waals surface area contributed by atoms with Gasteiger partial charge in [0.05, 0.1) is 30.6 Å². The minimum atomic E-state index is -4.65. The van der Waals surface area contributed by atoms with Crippen molar-refractivity contribution >= 4 is 0 Å². The van der Waals surface area contributed by atoms with E-state index in [0.29, 0.717) is 28.7 Å². The van der Waals surface area contributed by atoms with E-state index in [1.807, 2.05) is 0 Å². The monoisotopic (exact) mass is 490 g/mol. The van der Waals surface area contributed by atoms with Crippen LogP contribution < -0.4 is 10.3 Å². The highest BCUT2D eigenvalue weighted by molar-refractivity contribution is 5.56. The summed E-state index contributed by atoms with van der Waals surface area (Å²) < 4.78 is 72.9. The Bertz CT molecular complexity index is 1430. The molecule has 0 spiro atoms. The van der Waals surface area contributed by atoms with Gasteiger partial charge >= 0.3 is 6.18 Å². The van der Waals surface area contributed by atoms with E-state index in [4.69, 9.17) is 4.74 Å². The number of hydrogen-bond donors (Lipinski definition) is 1. The second-order valence-corrected chi connectivity index (χ2v) is 7.84. The average molecular weight is 490 g/mol. The van der Waals surface area contributed by atoms with E-state index in [1.54, 1.807) is 13.0 Å². The number of H-pyrrole nitrogens is 1. The number of aromatic amines is 1. The molecule has 0 aliphatic heterocycles. The Morgan fingerprint density at radius 1 is 1.09 bits per heavy atom. The molecule has 6 nitrogen and oxygen atoms in total. The Kier molecular flexibility index (Phi) is 6.42. The van der Waals surface area contributed by atoms with Crippen molar-refractivity contribution in [2.24, 2.45) is 0 Å². The number of hydrogen-bond acceptors (Lipinski definition) is 4. The maximum atomic E-state index is 14.4. The molecular formula is C24H19F5N4O2. The Hall–Kier alpha value is -4.02. The molecule has 1 N–H and O–H groups in total. The zero-order chi connectivity index (χ0) is 25.3. The molecule has 0 fully saturated rings. The minimum Gasteiger partial charge on any atom is -0.494 e. The van der Waals surface area contributed by atoms with Crippen LogP contribution >= 0.6 is 0 Å². The highest BCUT2D eigenvalue weighted by atomic mass is 19.4. The van der Waals surface area contributed by atoms with E-state index in [9.17, 15) is 26.7 Å². The maximum absolute atomic E-state index is 14.4. The van der Waals surface area contributed by atoms with E-state index in [-0.39, 0.29) is 17.7 Å². The highest BCUT2D eigenvalue weighted by Crippen LogP contribution is 2.32. The number of halogens is 5. The molecule has 0 bridgehead atoms. The van der Waals surface area contributed by atoms with Crippen molar-refractivity contribution in [1.82, 2.24) is 19.7 Å². The standard InChI is InChI=1S/C24H19F5N4O2/c1-13(17-5-4-16(9-19(17)26)24(27,28)29)33-12-15(11-30-33)20-10-23(34)32-22(31-20)8-14-3-6-18(25)21(7-14)35-2/h3-7,9-13H,8H2,1-2H3,(H,31,32,34)/t13-/m0/s1. The first-order valence-corrected chi connectivity index (χ1v) is 10.4. The molecule has 182 valence electrons. The number of benzene rings is 2. The van der Waals surface area contributed by atoms with Crippen molar-refractivity contribution in [3.63, 3.8) is 0 Å². The third-order valence-corrected chi connectivity index (χ3v) is 5.45. The van der Waals surface area contributed by atoms with Gasteiger partial charge in [0.25, 0.3) is 5.56 Å². The lowest BCUT2D eigenvalue weighted by molar-refractivity contribution is -0.137. The topological polar surface area (TPSA) is 72.8 Å². The third-order valence-electron chi connectivity index (χ3n) is 5.45. The van der Waals surface area contributed by atoms with Crippen molar-refractivity contribution in [2.45, 2.75) is 25.6 Å². The molecule has 2 aromatic heterocycles. The van der Waals surface area contributed by atoms with Crippen LogP contribution in [0.15, 0.2) is 59.7 Å². The van der Waals surface area contributed by atoms with Crippen molar-refractivity contribution in [2.75, 3.05) is 7.11 Å². The molecule has 0 radical (unpaired) electrons. The fourth-order valence-corrected chi connectivity index (χ4v) is 3.61. The smallest absolute Gasteiger partial charge is 0.416 e. The summed E-state index contributed by atoms with van der Waals surface area (Å²) in [5, 5.41) is 4.17. The maximum Gasteiger partial charge on any atom is 0.416 e. The van der Waals surface area contributed by atoms with Gasteiger partial charge in [-0.2, -0.15) is 18.3 Å². The number of nitrogens with one attached hydrogen (secondary N) is 1. The first-order valence-electron chi connectivity index (χ1n) is 10.4. The van der Waals surface area contributed by atoms with Gasteiger partial charge < -0.3 is 9.72 Å². The average Bonchev–Trinajstić information content (AvgIpc) is 3.29. The Balaban J connectivity index is 1.60. The number of nitrogens with zero attached hydrogens (tertiary/aromatic N) is 3. The number of methoxy groups -OCH3 is 1. The SMILES string of the molecule is COc1cc(Cc2nc(-c3cnn([C@@H](C)c4ccc(C(F)(F)F)cc4F)c3)cc(=O)[nH]2)ccc1F. The summed E-state index contributed by atoms with van der Waals surface area (Å²) >= 11 is 0. The van der Waals surface area contributed by atoms with E-state index >= 15 is 0 Å². The van der Waals surface area contributed by atoms with Crippen LogP contribution in [0.25, 0.3) is 11.3 Å². The summed E-state index contributed by atoms with van der Waals surface area (Å²) in [4.78, 5) is 19.3. The van der Waals surface area contributed by atoms with E-state index in [2.05, 4.69) is 15.1 Å². The van der Waals surface area contributed by atoms with Gasteiger partial charge in [-0.3, -0.25) is 9.48 Å². The molecule has 0 aliphatic rings. The van der Waals surface area contributed by atoms with Crippen molar-refractivity contribution in [3.8, 4) is 17.0 Å². The zero-order valence-corrected chi connectivity index (χ0v) is 18.5. The van der Waals surface area contributed by atoms with Gasteiger partial charge in [-0.15, -0.1) is 0 Å². The second-order valence-electron chi connectivity index (χ2n) is 7.84. The fraction of sp³-hybridized carbons (Fsp3) is 0.208. The fourth-order valence-electron chi connectivity index (χ4n) is 3.61. The van der Waals surface area contributed by atoms with Gasteiger partial charge in [0, 0.05) is 29.8 Å². The van der Waals surface area contributed by atoms with Gasteiger partial charge in [-0.1, -0.05) is 12.1 Å². The first-order chi connectivity index (χ1) is 16.5. The molecular weight excluding hydrogens is 471 g/mol. The molecule has 0 saturated carbocycles. The molecule has 35 heavy (non-hydrogen) atoms. The summed E-state index contributed by atoms with van der Waals surface area (Å²) in [6, 6.07) is 7.17. The summed E-state index contributed by atoms with van der Waals surface area (Å²) in [5.41, 5.74) is -0.0692. The van der Waals surface area contributed by atoms with Gasteiger partial charge in [-0.25, -0.2) is 13.8 Å². The van der Waals surface area contributed by atoms with Crippen LogP contribution in [0, 0.1) is 11.6 Å². The lowest BCUT2D eigenvalue weighted by Crippen LogP contribution is -2.12. The largest absolute Gasteiger partial charge is 0.494 e. The van der Waals surface area contributed by atoms with Crippen molar-refractivity contribution < 1.29 is 26.7 Å². The summed E-state index contributed by atoms with van der Waals surface area (Å²) in [6.07, 6.45) is -1.51. The molecule has 0 amide bonds. The highest BCUT2D eigenvalue weighted by Gasteiger charge is 2.31. The Labute approximate surface area is 196 Å². The van der Waals surface area contributed by atoms with Gasteiger partial charge in [0.15, 0.2) is 11.6 Å². The molecule has 0 saturated heterocycles.